The van der Waals surface area contributed by atoms with E-state index in [-0.39, 0.29) is 23.5 Å². The van der Waals surface area contributed by atoms with Gasteiger partial charge in [-0.1, -0.05) is 0 Å². The second-order valence-corrected chi connectivity index (χ2v) is 4.99. The molecule has 1 N–H and O–H groups in total. The molecule has 0 spiro atoms. The molecule has 1 aliphatic rings. The number of aromatic nitrogens is 1. The molecule has 1 aromatic rings. The highest BCUT2D eigenvalue weighted by molar-refractivity contribution is 5.55. The van der Waals surface area contributed by atoms with Gasteiger partial charge in [0.2, 0.25) is 0 Å². The van der Waals surface area contributed by atoms with E-state index in [2.05, 4.69) is 10.3 Å². The molecule has 1 saturated heterocycles. The minimum absolute atomic E-state index is 0.0192. The Morgan fingerprint density at radius 1 is 1.40 bits per heavy atom. The molecular formula is C13H15F3N4. The number of alkyl halides is 3. The van der Waals surface area contributed by atoms with Crippen LogP contribution in [0.15, 0.2) is 12.1 Å². The van der Waals surface area contributed by atoms with Gasteiger partial charge < -0.3 is 10.2 Å². The zero-order chi connectivity index (χ0) is 14.9. The summed E-state index contributed by atoms with van der Waals surface area (Å²) in [6.07, 6.45) is -4.51. The predicted molar refractivity (Wildman–Crippen MR) is 68.2 cm³/mol. The molecule has 2 rings (SSSR count). The lowest BCUT2D eigenvalue weighted by Gasteiger charge is -2.38. The van der Waals surface area contributed by atoms with Crippen molar-refractivity contribution in [2.24, 2.45) is 0 Å². The molecule has 2 atom stereocenters. The summed E-state index contributed by atoms with van der Waals surface area (Å²) in [7, 11) is 0. The van der Waals surface area contributed by atoms with Crippen molar-refractivity contribution in [1.82, 2.24) is 10.3 Å². The Kier molecular flexibility index (Phi) is 3.86. The summed E-state index contributed by atoms with van der Waals surface area (Å²) in [5, 5.41) is 12.3. The SMILES string of the molecule is CC1CN(c2nc(C(F)(F)F)ccc2C#N)C(C)CN1. The molecule has 2 unspecified atom stereocenters. The first-order valence-electron chi connectivity index (χ1n) is 6.31. The second-order valence-electron chi connectivity index (χ2n) is 4.99. The maximum Gasteiger partial charge on any atom is 0.433 e. The number of hydrogen-bond acceptors (Lipinski definition) is 4. The molecule has 2 heterocycles. The van der Waals surface area contributed by atoms with Crippen molar-refractivity contribution in [2.45, 2.75) is 32.1 Å². The molecule has 0 bridgehead atoms. The number of piperazine rings is 1. The van der Waals surface area contributed by atoms with E-state index in [0.717, 1.165) is 6.07 Å². The average Bonchev–Trinajstić information content (AvgIpc) is 2.40. The highest BCUT2D eigenvalue weighted by Gasteiger charge is 2.34. The summed E-state index contributed by atoms with van der Waals surface area (Å²) in [6, 6.07) is 4.06. The van der Waals surface area contributed by atoms with Gasteiger partial charge in [-0.05, 0) is 26.0 Å². The summed E-state index contributed by atoms with van der Waals surface area (Å²) in [4.78, 5) is 5.43. The van der Waals surface area contributed by atoms with Crippen LogP contribution in [-0.4, -0.2) is 30.2 Å². The van der Waals surface area contributed by atoms with Crippen LogP contribution in [-0.2, 0) is 6.18 Å². The van der Waals surface area contributed by atoms with E-state index in [0.29, 0.717) is 13.1 Å². The highest BCUT2D eigenvalue weighted by atomic mass is 19.4. The van der Waals surface area contributed by atoms with Gasteiger partial charge in [-0.3, -0.25) is 0 Å². The van der Waals surface area contributed by atoms with Gasteiger partial charge in [0.15, 0.2) is 0 Å². The number of nitrogens with zero attached hydrogens (tertiary/aromatic N) is 3. The lowest BCUT2D eigenvalue weighted by molar-refractivity contribution is -0.141. The van der Waals surface area contributed by atoms with E-state index in [1.54, 1.807) is 4.90 Å². The van der Waals surface area contributed by atoms with E-state index >= 15 is 0 Å². The molecular weight excluding hydrogens is 269 g/mol. The van der Waals surface area contributed by atoms with E-state index in [1.165, 1.54) is 6.07 Å². The Balaban J connectivity index is 2.45. The van der Waals surface area contributed by atoms with Crippen LogP contribution in [0.3, 0.4) is 0 Å². The minimum Gasteiger partial charge on any atom is -0.350 e. The number of halogens is 3. The van der Waals surface area contributed by atoms with Crippen molar-refractivity contribution in [3.05, 3.63) is 23.4 Å². The molecule has 1 fully saturated rings. The quantitative estimate of drug-likeness (QED) is 0.858. The van der Waals surface area contributed by atoms with Gasteiger partial charge in [-0.2, -0.15) is 18.4 Å². The van der Waals surface area contributed by atoms with Gasteiger partial charge in [0.05, 0.1) is 5.56 Å². The largest absolute Gasteiger partial charge is 0.433 e. The van der Waals surface area contributed by atoms with Crippen LogP contribution >= 0.6 is 0 Å². The molecule has 4 nitrogen and oxygen atoms in total. The fraction of sp³-hybridized carbons (Fsp3) is 0.538. The molecule has 1 aromatic heterocycles. The predicted octanol–water partition coefficient (Wildman–Crippen LogP) is 2.16. The van der Waals surface area contributed by atoms with Crippen molar-refractivity contribution in [3.63, 3.8) is 0 Å². The third kappa shape index (κ3) is 2.85. The van der Waals surface area contributed by atoms with Crippen molar-refractivity contribution in [1.29, 1.82) is 5.26 Å². The number of rotatable bonds is 1. The zero-order valence-electron chi connectivity index (χ0n) is 11.2. The summed E-state index contributed by atoms with van der Waals surface area (Å²) in [6.45, 7) is 4.99. The summed E-state index contributed by atoms with van der Waals surface area (Å²) < 4.78 is 38.3. The molecule has 0 aliphatic carbocycles. The average molecular weight is 284 g/mol. The van der Waals surface area contributed by atoms with Gasteiger partial charge in [-0.15, -0.1) is 0 Å². The molecule has 7 heteroatoms. The van der Waals surface area contributed by atoms with Crippen molar-refractivity contribution in [2.75, 3.05) is 18.0 Å². The van der Waals surface area contributed by atoms with Gasteiger partial charge in [0, 0.05) is 25.2 Å². The maximum atomic E-state index is 12.8. The van der Waals surface area contributed by atoms with Crippen molar-refractivity contribution < 1.29 is 13.2 Å². The number of pyridine rings is 1. The standard InChI is InChI=1S/C13H15F3N4/c1-8-7-20(9(2)6-18-8)12-10(5-17)3-4-11(19-12)13(14,15)16/h3-4,8-9,18H,6-7H2,1-2H3. The van der Waals surface area contributed by atoms with Crippen molar-refractivity contribution >= 4 is 5.82 Å². The van der Waals surface area contributed by atoms with E-state index in [1.807, 2.05) is 19.9 Å². The Labute approximate surface area is 115 Å². The Hall–Kier alpha value is -1.81. The van der Waals surface area contributed by atoms with Crippen LogP contribution in [0.5, 0.6) is 0 Å². The lowest BCUT2D eigenvalue weighted by atomic mass is 10.1. The van der Waals surface area contributed by atoms with Gasteiger partial charge in [-0.25, -0.2) is 4.98 Å². The number of nitriles is 1. The minimum atomic E-state index is -4.51. The van der Waals surface area contributed by atoms with E-state index in [4.69, 9.17) is 5.26 Å². The van der Waals surface area contributed by atoms with Gasteiger partial charge in [0.1, 0.15) is 17.6 Å². The van der Waals surface area contributed by atoms with Crippen LogP contribution in [0, 0.1) is 11.3 Å². The zero-order valence-corrected chi connectivity index (χ0v) is 11.2. The first-order chi connectivity index (χ1) is 9.32. The third-order valence-electron chi connectivity index (χ3n) is 3.32. The fourth-order valence-corrected chi connectivity index (χ4v) is 2.23. The Bertz CT molecular complexity index is 535. The van der Waals surface area contributed by atoms with Crippen molar-refractivity contribution in [3.8, 4) is 6.07 Å². The monoisotopic (exact) mass is 284 g/mol. The second kappa shape index (κ2) is 5.29. The summed E-state index contributed by atoms with van der Waals surface area (Å²) in [5.41, 5.74) is -0.802. The normalized spacial score (nSPS) is 23.5. The van der Waals surface area contributed by atoms with Crippen LogP contribution in [0.25, 0.3) is 0 Å². The molecule has 0 radical (unpaired) electrons. The molecule has 1 aliphatic heterocycles. The van der Waals surface area contributed by atoms with Gasteiger partial charge in [0.25, 0.3) is 0 Å². The fourth-order valence-electron chi connectivity index (χ4n) is 2.23. The highest BCUT2D eigenvalue weighted by Crippen LogP contribution is 2.31. The van der Waals surface area contributed by atoms with Crippen LogP contribution in [0.2, 0.25) is 0 Å². The number of hydrogen-bond donors (Lipinski definition) is 1. The third-order valence-corrected chi connectivity index (χ3v) is 3.32. The Morgan fingerprint density at radius 3 is 2.70 bits per heavy atom. The maximum absolute atomic E-state index is 12.8. The summed E-state index contributed by atoms with van der Waals surface area (Å²) >= 11 is 0. The van der Waals surface area contributed by atoms with Crippen LogP contribution in [0.4, 0.5) is 19.0 Å². The Morgan fingerprint density at radius 2 is 2.10 bits per heavy atom. The first kappa shape index (κ1) is 14.6. The number of nitrogens with one attached hydrogen (secondary N) is 1. The topological polar surface area (TPSA) is 52.0 Å². The molecule has 0 saturated carbocycles. The molecule has 0 amide bonds. The van der Waals surface area contributed by atoms with E-state index < -0.39 is 11.9 Å². The lowest BCUT2D eigenvalue weighted by Crippen LogP contribution is -2.55. The van der Waals surface area contributed by atoms with Crippen LogP contribution in [0.1, 0.15) is 25.1 Å². The van der Waals surface area contributed by atoms with Gasteiger partial charge >= 0.3 is 6.18 Å². The summed E-state index contributed by atoms with van der Waals surface area (Å²) in [5.74, 6) is 0.114. The first-order valence-corrected chi connectivity index (χ1v) is 6.31. The molecule has 108 valence electrons. The van der Waals surface area contributed by atoms with E-state index in [9.17, 15) is 13.2 Å². The smallest absolute Gasteiger partial charge is 0.350 e. The number of anilines is 1. The van der Waals surface area contributed by atoms with Crippen LogP contribution < -0.4 is 10.2 Å². The molecule has 20 heavy (non-hydrogen) atoms. The molecule has 0 aromatic carbocycles.